The van der Waals surface area contributed by atoms with Crippen molar-refractivity contribution in [2.75, 3.05) is 0 Å². The summed E-state index contributed by atoms with van der Waals surface area (Å²) in [5.74, 6) is 0. The van der Waals surface area contributed by atoms with Crippen LogP contribution in [0.5, 0.6) is 0 Å². The fraction of sp³-hybridized carbons (Fsp3) is 0.273. The summed E-state index contributed by atoms with van der Waals surface area (Å²) in [6.07, 6.45) is 9.70. The van der Waals surface area contributed by atoms with Gasteiger partial charge in [0.05, 0.1) is 0 Å². The molecule has 2 heteroatoms. The van der Waals surface area contributed by atoms with Crippen molar-refractivity contribution in [2.24, 2.45) is 0 Å². The minimum absolute atomic E-state index is 0.512. The third kappa shape index (κ3) is 2.08. The molecule has 0 spiro atoms. The van der Waals surface area contributed by atoms with E-state index in [0.717, 1.165) is 0 Å². The van der Waals surface area contributed by atoms with Gasteiger partial charge in [-0.3, -0.25) is 0 Å². The molecule has 2 aromatic carbocycles. The van der Waals surface area contributed by atoms with Gasteiger partial charge in [-0.05, 0) is 0 Å². The average molecular weight is 368 g/mol. The molecule has 2 aromatic rings. The second kappa shape index (κ2) is 3.82. The molecule has 4 rings (SSSR count). The Labute approximate surface area is 143 Å². The standard InChI is InChI=1S/2C9H7.4CH3.H2Si.Ti/c2*1-2-5-9-7-3-6-8(9)4-1;;;;;;/h2*1-7H;4*1H3;1H2;. The van der Waals surface area contributed by atoms with E-state index in [2.05, 4.69) is 101 Å². The summed E-state index contributed by atoms with van der Waals surface area (Å²) < 4.78 is 1.02. The van der Waals surface area contributed by atoms with Gasteiger partial charge in [0.2, 0.25) is 0 Å². The van der Waals surface area contributed by atoms with Crippen LogP contribution in [0.4, 0.5) is 0 Å². The van der Waals surface area contributed by atoms with Crippen molar-refractivity contribution in [1.29, 1.82) is 0 Å². The van der Waals surface area contributed by atoms with Crippen LogP contribution in [0.25, 0.3) is 12.2 Å². The van der Waals surface area contributed by atoms with Crippen LogP contribution in [0, 0.1) is 0 Å². The van der Waals surface area contributed by atoms with Gasteiger partial charge in [-0.25, -0.2) is 0 Å². The summed E-state index contributed by atoms with van der Waals surface area (Å²) in [6, 6.07) is 17.9. The third-order valence-corrected chi connectivity index (χ3v) is 22.4. The van der Waals surface area contributed by atoms with Crippen molar-refractivity contribution in [3.63, 3.8) is 0 Å². The van der Waals surface area contributed by atoms with Crippen LogP contribution in [-0.4, -0.2) is 7.63 Å². The Morgan fingerprint density at radius 2 is 1.04 bits per heavy atom. The molecular formula is C22H28SiTi. The van der Waals surface area contributed by atoms with Gasteiger partial charge in [0.15, 0.2) is 0 Å². The molecule has 0 heterocycles. The van der Waals surface area contributed by atoms with Crippen molar-refractivity contribution >= 4 is 19.8 Å². The van der Waals surface area contributed by atoms with Gasteiger partial charge < -0.3 is 0 Å². The monoisotopic (exact) mass is 368 g/mol. The second-order valence-electron chi connectivity index (χ2n) is 12.2. The van der Waals surface area contributed by atoms with E-state index in [1.165, 1.54) is 22.3 Å². The van der Waals surface area contributed by atoms with Gasteiger partial charge in [-0.2, -0.15) is 0 Å². The van der Waals surface area contributed by atoms with Crippen molar-refractivity contribution in [1.82, 2.24) is 0 Å². The van der Waals surface area contributed by atoms with Gasteiger partial charge in [-0.15, -0.1) is 0 Å². The van der Waals surface area contributed by atoms with Crippen LogP contribution >= 0.6 is 0 Å². The summed E-state index contributed by atoms with van der Waals surface area (Å²) in [5.41, 5.74) is 5.86. The molecule has 2 unspecified atom stereocenters. The molecule has 0 saturated heterocycles. The molecule has 124 valence electrons. The van der Waals surface area contributed by atoms with E-state index in [1.807, 2.05) is 0 Å². The van der Waals surface area contributed by atoms with Gasteiger partial charge in [0.1, 0.15) is 0 Å². The average Bonchev–Trinajstić information content (AvgIpc) is 3.11. The summed E-state index contributed by atoms with van der Waals surface area (Å²) in [4.78, 5) is 0. The Morgan fingerprint density at radius 3 is 1.46 bits per heavy atom. The molecular weight excluding hydrogens is 340 g/mol. The predicted molar refractivity (Wildman–Crippen MR) is 108 cm³/mol. The Kier molecular flexibility index (Phi) is 2.60. The molecule has 0 nitrogen and oxygen atoms in total. The van der Waals surface area contributed by atoms with Crippen molar-refractivity contribution in [3.8, 4) is 0 Å². The first-order chi connectivity index (χ1) is 10.9. The number of benzene rings is 2. The molecule has 2 aliphatic carbocycles. The number of allylic oxidation sites excluding steroid dienone is 2. The summed E-state index contributed by atoms with van der Waals surface area (Å²) in [6.45, 7) is 0. The summed E-state index contributed by atoms with van der Waals surface area (Å²) in [7, 11) is 2.36. The van der Waals surface area contributed by atoms with Crippen molar-refractivity contribution in [2.45, 2.75) is 29.4 Å². The van der Waals surface area contributed by atoms with Gasteiger partial charge in [-0.1, -0.05) is 0 Å². The molecule has 0 fully saturated rings. The van der Waals surface area contributed by atoms with Crippen LogP contribution in [0.15, 0.2) is 60.7 Å². The Balaban J connectivity index is 2.03. The molecule has 0 aromatic heterocycles. The molecule has 0 bridgehead atoms. The quantitative estimate of drug-likeness (QED) is 0.568. The van der Waals surface area contributed by atoms with Crippen LogP contribution in [0.1, 0.15) is 30.7 Å². The summed E-state index contributed by atoms with van der Waals surface area (Å²) >= 11 is -4.01. The van der Waals surface area contributed by atoms with Crippen LogP contribution in [0.2, 0.25) is 20.9 Å². The SMILES string of the molecule is [CH3][Ti]([CH3])([CH3])([CH3])(=[SiH2])([CH]1C=Cc2ccccc21)[CH]1C=Cc2ccccc21. The molecule has 0 radical (unpaired) electrons. The third-order valence-electron chi connectivity index (χ3n) is 6.89. The van der Waals surface area contributed by atoms with E-state index >= 15 is 0 Å². The number of fused-ring (bicyclic) bond motifs is 2. The first-order valence-corrected chi connectivity index (χ1v) is 21.1. The Hall–Kier alpha value is -1.15. The number of hydrogen-bond donors (Lipinski definition) is 0. The van der Waals surface area contributed by atoms with E-state index < -0.39 is 11.5 Å². The summed E-state index contributed by atoms with van der Waals surface area (Å²) in [5, 5.41) is 10.6. The molecule has 0 saturated carbocycles. The fourth-order valence-corrected chi connectivity index (χ4v) is 18.3. The van der Waals surface area contributed by atoms with E-state index in [9.17, 15) is 0 Å². The van der Waals surface area contributed by atoms with E-state index in [0.29, 0.717) is 8.45 Å². The van der Waals surface area contributed by atoms with Gasteiger partial charge in [0, 0.05) is 0 Å². The number of rotatable bonds is 2. The minimum atomic E-state index is -4.01. The van der Waals surface area contributed by atoms with Gasteiger partial charge in [0.25, 0.3) is 0 Å². The van der Waals surface area contributed by atoms with Crippen molar-refractivity contribution < 1.29 is 11.5 Å². The zero-order chi connectivity index (χ0) is 17.3. The maximum atomic E-state index is 2.66. The molecule has 2 aliphatic rings. The molecule has 0 N–H and O–H groups in total. The maximum absolute atomic E-state index is 4.01. The molecule has 0 aliphatic heterocycles. The van der Waals surface area contributed by atoms with Crippen LogP contribution in [-0.2, 0) is 11.5 Å². The van der Waals surface area contributed by atoms with E-state index in [-0.39, 0.29) is 0 Å². The Morgan fingerprint density at radius 1 is 0.667 bits per heavy atom. The van der Waals surface area contributed by atoms with E-state index in [1.54, 1.807) is 0 Å². The zero-order valence-electron chi connectivity index (χ0n) is 15.3. The van der Waals surface area contributed by atoms with Crippen LogP contribution in [0.3, 0.4) is 0 Å². The first-order valence-electron chi connectivity index (χ1n) is 9.07. The normalized spacial score (nSPS) is 26.1. The molecule has 2 atom stereocenters. The molecule has 0 amide bonds. The fourth-order valence-electron chi connectivity index (χ4n) is 5.35. The Bertz CT molecular complexity index is 970. The van der Waals surface area contributed by atoms with Gasteiger partial charge >= 0.3 is 144 Å². The number of hydrogen-bond acceptors (Lipinski definition) is 0. The first kappa shape index (κ1) is 16.3. The predicted octanol–water partition coefficient (Wildman–Crippen LogP) is 6.02. The topological polar surface area (TPSA) is 0 Å². The van der Waals surface area contributed by atoms with Crippen LogP contribution < -0.4 is 0 Å². The second-order valence-corrected chi connectivity index (χ2v) is 52.0. The zero-order valence-corrected chi connectivity index (χ0v) is 18.3. The van der Waals surface area contributed by atoms with E-state index in [4.69, 9.17) is 0 Å². The molecule has 24 heavy (non-hydrogen) atoms. The van der Waals surface area contributed by atoms with Crippen molar-refractivity contribution in [3.05, 3.63) is 82.9 Å².